The first-order chi connectivity index (χ1) is 10.1. The number of nitrogens with one attached hydrogen (secondary N) is 1. The van der Waals surface area contributed by atoms with Crippen molar-refractivity contribution in [2.45, 2.75) is 0 Å². The molecule has 0 saturated heterocycles. The van der Waals surface area contributed by atoms with E-state index < -0.39 is 0 Å². The number of hydrogen-bond donors (Lipinski definition) is 1. The molecule has 0 bridgehead atoms. The van der Waals surface area contributed by atoms with Crippen LogP contribution in [0.15, 0.2) is 51.4 Å². The van der Waals surface area contributed by atoms with Crippen molar-refractivity contribution in [3.63, 3.8) is 0 Å². The second kappa shape index (κ2) is 7.38. The van der Waals surface area contributed by atoms with Crippen LogP contribution in [-0.4, -0.2) is 18.8 Å². The molecular weight excluding hydrogens is 402 g/mol. The third-order valence-corrected chi connectivity index (χ3v) is 3.73. The van der Waals surface area contributed by atoms with E-state index in [1.807, 2.05) is 12.1 Å². The highest BCUT2D eigenvalue weighted by molar-refractivity contribution is 9.10. The fourth-order valence-corrected chi connectivity index (χ4v) is 2.36. The van der Waals surface area contributed by atoms with Gasteiger partial charge in [-0.15, -0.1) is 0 Å². The fraction of sp³-hybridized carbons (Fsp3) is 0.0667. The van der Waals surface area contributed by atoms with Crippen LogP contribution in [0.5, 0.6) is 5.75 Å². The third kappa shape index (κ3) is 4.68. The number of ether oxygens (including phenoxy) is 1. The van der Waals surface area contributed by atoms with Crippen LogP contribution in [0.1, 0.15) is 10.4 Å². The Labute approximate surface area is 138 Å². The van der Waals surface area contributed by atoms with E-state index in [2.05, 4.69) is 37.2 Å². The Kier molecular flexibility index (Phi) is 5.52. The zero-order valence-electron chi connectivity index (χ0n) is 10.8. The molecule has 21 heavy (non-hydrogen) atoms. The van der Waals surface area contributed by atoms with Gasteiger partial charge in [-0.3, -0.25) is 9.59 Å². The Balaban J connectivity index is 1.92. The van der Waals surface area contributed by atoms with Crippen LogP contribution in [0.2, 0.25) is 0 Å². The molecule has 2 rings (SSSR count). The lowest BCUT2D eigenvalue weighted by Crippen LogP contribution is -2.20. The van der Waals surface area contributed by atoms with Crippen molar-refractivity contribution in [1.29, 1.82) is 0 Å². The molecule has 0 fully saturated rings. The summed E-state index contributed by atoms with van der Waals surface area (Å²) >= 11 is 6.62. The van der Waals surface area contributed by atoms with Gasteiger partial charge in [-0.1, -0.05) is 15.9 Å². The Bertz CT molecular complexity index is 656. The second-order valence-corrected chi connectivity index (χ2v) is 5.92. The molecule has 0 atom stereocenters. The van der Waals surface area contributed by atoms with Crippen molar-refractivity contribution < 1.29 is 14.3 Å². The Morgan fingerprint density at radius 1 is 1.14 bits per heavy atom. The lowest BCUT2D eigenvalue weighted by molar-refractivity contribution is -0.118. The van der Waals surface area contributed by atoms with Crippen molar-refractivity contribution >= 4 is 49.7 Å². The Hall–Kier alpha value is -1.66. The molecule has 4 nitrogen and oxygen atoms in total. The molecule has 6 heteroatoms. The number of halogens is 2. The number of carbonyl (C=O) groups is 2. The second-order valence-electron chi connectivity index (χ2n) is 4.15. The van der Waals surface area contributed by atoms with E-state index in [4.69, 9.17) is 4.74 Å². The molecule has 0 heterocycles. The molecule has 0 saturated carbocycles. The van der Waals surface area contributed by atoms with Crippen LogP contribution >= 0.6 is 31.9 Å². The largest absolute Gasteiger partial charge is 0.483 e. The van der Waals surface area contributed by atoms with Gasteiger partial charge in [-0.05, 0) is 58.4 Å². The van der Waals surface area contributed by atoms with Gasteiger partial charge in [0.2, 0.25) is 0 Å². The predicted molar refractivity (Wildman–Crippen MR) is 87.8 cm³/mol. The predicted octanol–water partition coefficient (Wildman–Crippen LogP) is 4.04. The van der Waals surface area contributed by atoms with Crippen LogP contribution in [-0.2, 0) is 4.79 Å². The summed E-state index contributed by atoms with van der Waals surface area (Å²) in [6.45, 7) is -0.116. The van der Waals surface area contributed by atoms with Crippen molar-refractivity contribution in [3.05, 3.63) is 57.0 Å². The summed E-state index contributed by atoms with van der Waals surface area (Å²) in [6, 6.07) is 12.2. The molecule has 0 radical (unpaired) electrons. The van der Waals surface area contributed by atoms with Crippen molar-refractivity contribution in [3.8, 4) is 5.75 Å². The molecule has 0 spiro atoms. The van der Waals surface area contributed by atoms with Crippen molar-refractivity contribution in [2.24, 2.45) is 0 Å². The van der Waals surface area contributed by atoms with Crippen LogP contribution < -0.4 is 10.1 Å². The Morgan fingerprint density at radius 3 is 2.48 bits per heavy atom. The minimum absolute atomic E-state index is 0.116. The van der Waals surface area contributed by atoms with E-state index in [-0.39, 0.29) is 12.5 Å². The number of rotatable bonds is 5. The normalized spacial score (nSPS) is 10.0. The summed E-state index contributed by atoms with van der Waals surface area (Å²) in [6.07, 6.45) is 0.745. The minimum atomic E-state index is -0.260. The van der Waals surface area contributed by atoms with Crippen LogP contribution in [0.25, 0.3) is 0 Å². The first-order valence-corrected chi connectivity index (χ1v) is 7.60. The molecule has 1 N–H and O–H groups in total. The topological polar surface area (TPSA) is 55.4 Å². The first kappa shape index (κ1) is 15.7. The van der Waals surface area contributed by atoms with Crippen LogP contribution in [0.4, 0.5) is 5.69 Å². The van der Waals surface area contributed by atoms with Crippen molar-refractivity contribution in [2.75, 3.05) is 11.9 Å². The van der Waals surface area contributed by atoms with Gasteiger partial charge >= 0.3 is 0 Å². The fourth-order valence-electron chi connectivity index (χ4n) is 1.58. The lowest BCUT2D eigenvalue weighted by Gasteiger charge is -2.09. The van der Waals surface area contributed by atoms with E-state index in [1.54, 1.807) is 30.3 Å². The van der Waals surface area contributed by atoms with Gasteiger partial charge in [0.1, 0.15) is 12.0 Å². The number of benzene rings is 2. The minimum Gasteiger partial charge on any atom is -0.483 e. The average Bonchev–Trinajstić information content (AvgIpc) is 2.48. The summed E-state index contributed by atoms with van der Waals surface area (Å²) in [5.41, 5.74) is 1.23. The van der Waals surface area contributed by atoms with Gasteiger partial charge in [0.15, 0.2) is 6.61 Å². The molecule has 2 aromatic carbocycles. The number of aldehydes is 1. The molecule has 1 amide bonds. The SMILES string of the molecule is O=Cc1ccc(OCC(=O)Nc2ccc(Br)cc2)c(Br)c1. The molecule has 108 valence electrons. The highest BCUT2D eigenvalue weighted by atomic mass is 79.9. The van der Waals surface area contributed by atoms with Gasteiger partial charge in [0.25, 0.3) is 5.91 Å². The van der Waals surface area contributed by atoms with E-state index >= 15 is 0 Å². The summed E-state index contributed by atoms with van der Waals surface area (Å²) in [5, 5.41) is 2.73. The van der Waals surface area contributed by atoms with Gasteiger partial charge in [-0.2, -0.15) is 0 Å². The quantitative estimate of drug-likeness (QED) is 0.754. The van der Waals surface area contributed by atoms with Crippen molar-refractivity contribution in [1.82, 2.24) is 0 Å². The van der Waals surface area contributed by atoms with E-state index in [9.17, 15) is 9.59 Å². The number of hydrogen-bond acceptors (Lipinski definition) is 3. The van der Waals surface area contributed by atoms with Gasteiger partial charge in [0.05, 0.1) is 4.47 Å². The summed E-state index contributed by atoms with van der Waals surface area (Å²) < 4.78 is 6.98. The van der Waals surface area contributed by atoms with Crippen LogP contribution in [0.3, 0.4) is 0 Å². The van der Waals surface area contributed by atoms with E-state index in [0.29, 0.717) is 21.5 Å². The Morgan fingerprint density at radius 2 is 1.86 bits per heavy atom. The smallest absolute Gasteiger partial charge is 0.262 e. The maximum Gasteiger partial charge on any atom is 0.262 e. The number of anilines is 1. The van der Waals surface area contributed by atoms with Gasteiger partial charge < -0.3 is 10.1 Å². The average molecular weight is 413 g/mol. The molecule has 0 aromatic heterocycles. The third-order valence-electron chi connectivity index (χ3n) is 2.58. The summed E-state index contributed by atoms with van der Waals surface area (Å²) in [5.74, 6) is 0.246. The lowest BCUT2D eigenvalue weighted by atomic mass is 10.2. The summed E-state index contributed by atoms with van der Waals surface area (Å²) in [7, 11) is 0. The maximum atomic E-state index is 11.8. The molecular formula is C15H11Br2NO3. The highest BCUT2D eigenvalue weighted by Gasteiger charge is 2.07. The standard InChI is InChI=1S/C15H11Br2NO3/c16-11-2-4-12(5-3-11)18-15(20)9-21-14-6-1-10(8-19)7-13(14)17/h1-8H,9H2,(H,18,20). The molecule has 0 aliphatic rings. The maximum absolute atomic E-state index is 11.8. The molecule has 2 aromatic rings. The van der Waals surface area contributed by atoms with Crippen LogP contribution in [0, 0.1) is 0 Å². The first-order valence-electron chi connectivity index (χ1n) is 6.01. The molecule has 0 aliphatic carbocycles. The number of amides is 1. The molecule has 0 aliphatic heterocycles. The highest BCUT2D eigenvalue weighted by Crippen LogP contribution is 2.25. The zero-order chi connectivity index (χ0) is 15.2. The van der Waals surface area contributed by atoms with Gasteiger partial charge in [-0.25, -0.2) is 0 Å². The number of carbonyl (C=O) groups excluding carboxylic acids is 2. The van der Waals surface area contributed by atoms with E-state index in [0.717, 1.165) is 10.8 Å². The monoisotopic (exact) mass is 411 g/mol. The summed E-state index contributed by atoms with van der Waals surface area (Å²) in [4.78, 5) is 22.4. The zero-order valence-corrected chi connectivity index (χ0v) is 14.0. The van der Waals surface area contributed by atoms with Gasteiger partial charge in [0, 0.05) is 15.7 Å². The molecule has 0 unspecified atom stereocenters. The van der Waals surface area contributed by atoms with E-state index in [1.165, 1.54) is 0 Å².